The molecule has 1 aliphatic rings. The Morgan fingerprint density at radius 2 is 1.35 bits per heavy atom. The van der Waals surface area contributed by atoms with Crippen molar-refractivity contribution in [3.8, 4) is 0 Å². The van der Waals surface area contributed by atoms with Crippen LogP contribution in [0.3, 0.4) is 0 Å². The fourth-order valence-corrected chi connectivity index (χ4v) is 6.25. The minimum atomic E-state index is -0.604. The second-order valence-corrected chi connectivity index (χ2v) is 12.9. The van der Waals surface area contributed by atoms with Crippen molar-refractivity contribution in [2.24, 2.45) is 5.92 Å². The molecule has 4 aromatic carbocycles. The largest absolute Gasteiger partial charge is 0.392 e. The lowest BCUT2D eigenvalue weighted by molar-refractivity contribution is -0.276. The lowest BCUT2D eigenvalue weighted by Crippen LogP contribution is -2.44. The van der Waals surface area contributed by atoms with Gasteiger partial charge >= 0.3 is 0 Å². The Hall–Kier alpha value is -4.34. The second kappa shape index (κ2) is 18.4. The van der Waals surface area contributed by atoms with E-state index in [1.54, 1.807) is 0 Å². The summed E-state index contributed by atoms with van der Waals surface area (Å²) in [5.74, 6) is -0.0210. The van der Waals surface area contributed by atoms with Crippen LogP contribution in [0.1, 0.15) is 79.7 Å². The van der Waals surface area contributed by atoms with Crippen LogP contribution in [0.15, 0.2) is 109 Å². The molecule has 49 heavy (non-hydrogen) atoms. The smallest absolute Gasteiger partial charge is 0.224 e. The average Bonchev–Trinajstić information content (AvgIpc) is 3.12. The Morgan fingerprint density at radius 3 is 1.94 bits per heavy atom. The molecule has 0 radical (unpaired) electrons. The molecular weight excluding hydrogens is 614 g/mol. The predicted octanol–water partition coefficient (Wildman–Crippen LogP) is 7.31. The molecule has 0 spiro atoms. The normalized spacial score (nSPS) is 19.0. The van der Waals surface area contributed by atoms with E-state index >= 15 is 0 Å². The standard InChI is InChI=1S/C41H49N3O5/c1-30-38(28-44(26-32-12-6-3-7-13-32)27-33-14-8-4-9-15-33)48-41(49-40(30)35-19-17-34(29-45)18-20-35)36-21-23-37(24-22-36)43-39(47)16-10-5-11-25-42-31(2)46/h3-4,6-9,12-15,17-24,30,38,40-41,45H,5,10-11,16,25-29H2,1-2H3,(H,42,46)(H,43,47). The van der Waals surface area contributed by atoms with E-state index in [1.165, 1.54) is 18.1 Å². The van der Waals surface area contributed by atoms with Gasteiger partial charge in [-0.3, -0.25) is 14.5 Å². The number of rotatable bonds is 16. The van der Waals surface area contributed by atoms with Gasteiger partial charge in [-0.2, -0.15) is 0 Å². The van der Waals surface area contributed by atoms with Gasteiger partial charge in [0, 0.05) is 56.7 Å². The number of hydrogen-bond donors (Lipinski definition) is 3. The highest BCUT2D eigenvalue weighted by molar-refractivity contribution is 5.90. The first-order valence-corrected chi connectivity index (χ1v) is 17.3. The van der Waals surface area contributed by atoms with Gasteiger partial charge in [-0.05, 0) is 47.2 Å². The molecule has 4 aromatic rings. The number of aliphatic hydroxyl groups excluding tert-OH is 1. The van der Waals surface area contributed by atoms with Crippen molar-refractivity contribution in [2.75, 3.05) is 18.4 Å². The topological polar surface area (TPSA) is 100 Å². The number of aliphatic hydroxyl groups is 1. The van der Waals surface area contributed by atoms with Crippen molar-refractivity contribution in [3.63, 3.8) is 0 Å². The molecule has 0 aromatic heterocycles. The molecule has 8 heteroatoms. The SMILES string of the molecule is CC(=O)NCCCCCC(=O)Nc1ccc(C2OC(CN(Cc3ccccc3)Cc3ccccc3)C(C)C(c3ccc(CO)cc3)O2)cc1. The maximum Gasteiger partial charge on any atom is 0.224 e. The molecule has 258 valence electrons. The molecule has 5 rings (SSSR count). The van der Waals surface area contributed by atoms with Gasteiger partial charge in [-0.25, -0.2) is 0 Å². The number of amides is 2. The van der Waals surface area contributed by atoms with Gasteiger partial charge in [0.2, 0.25) is 11.8 Å². The highest BCUT2D eigenvalue weighted by Crippen LogP contribution is 2.42. The second-order valence-electron chi connectivity index (χ2n) is 12.9. The summed E-state index contributed by atoms with van der Waals surface area (Å²) < 4.78 is 13.5. The van der Waals surface area contributed by atoms with Crippen LogP contribution in [0.4, 0.5) is 5.69 Å². The molecule has 3 N–H and O–H groups in total. The molecule has 1 saturated heterocycles. The van der Waals surface area contributed by atoms with Crippen molar-refractivity contribution >= 4 is 17.5 Å². The number of unbranched alkanes of at least 4 members (excludes halogenated alkanes) is 2. The third kappa shape index (κ3) is 11.1. The van der Waals surface area contributed by atoms with Crippen molar-refractivity contribution in [3.05, 3.63) is 137 Å². The summed E-state index contributed by atoms with van der Waals surface area (Å²) in [5.41, 5.74) is 5.99. The summed E-state index contributed by atoms with van der Waals surface area (Å²) in [5, 5.41) is 15.4. The zero-order valence-corrected chi connectivity index (χ0v) is 28.6. The minimum absolute atomic E-state index is 0.00879. The maximum atomic E-state index is 12.6. The predicted molar refractivity (Wildman–Crippen MR) is 192 cm³/mol. The summed E-state index contributed by atoms with van der Waals surface area (Å²) >= 11 is 0. The molecule has 0 bridgehead atoms. The monoisotopic (exact) mass is 663 g/mol. The molecule has 1 aliphatic heterocycles. The van der Waals surface area contributed by atoms with E-state index in [0.29, 0.717) is 19.5 Å². The number of carbonyl (C=O) groups excluding carboxylic acids is 2. The van der Waals surface area contributed by atoms with Gasteiger partial charge in [0.25, 0.3) is 0 Å². The fourth-order valence-electron chi connectivity index (χ4n) is 6.25. The minimum Gasteiger partial charge on any atom is -0.392 e. The van der Waals surface area contributed by atoms with Crippen LogP contribution in [-0.2, 0) is 38.8 Å². The van der Waals surface area contributed by atoms with E-state index < -0.39 is 6.29 Å². The molecule has 0 saturated carbocycles. The van der Waals surface area contributed by atoms with E-state index in [0.717, 1.165) is 54.7 Å². The Labute approximate surface area is 290 Å². The van der Waals surface area contributed by atoms with E-state index in [1.807, 2.05) is 60.7 Å². The number of nitrogens with one attached hydrogen (secondary N) is 2. The first kappa shape index (κ1) is 36.0. The van der Waals surface area contributed by atoms with E-state index in [4.69, 9.17) is 9.47 Å². The molecule has 8 nitrogen and oxygen atoms in total. The van der Waals surface area contributed by atoms with Crippen molar-refractivity contribution in [2.45, 2.75) is 77.7 Å². The van der Waals surface area contributed by atoms with Crippen molar-refractivity contribution in [1.82, 2.24) is 10.2 Å². The molecular formula is C41H49N3O5. The van der Waals surface area contributed by atoms with Gasteiger partial charge in [0.15, 0.2) is 6.29 Å². The molecule has 1 heterocycles. The molecule has 1 fully saturated rings. The van der Waals surface area contributed by atoms with Gasteiger partial charge < -0.3 is 25.2 Å². The van der Waals surface area contributed by atoms with Gasteiger partial charge in [-0.15, -0.1) is 0 Å². The van der Waals surface area contributed by atoms with Gasteiger partial charge in [-0.1, -0.05) is 110 Å². The summed E-state index contributed by atoms with van der Waals surface area (Å²) in [6.07, 6.45) is 1.95. The van der Waals surface area contributed by atoms with Crippen LogP contribution in [-0.4, -0.2) is 41.0 Å². The van der Waals surface area contributed by atoms with Crippen LogP contribution in [0, 0.1) is 5.92 Å². The molecule has 2 amide bonds. The van der Waals surface area contributed by atoms with Crippen molar-refractivity contribution < 1.29 is 24.2 Å². The van der Waals surface area contributed by atoms with Crippen LogP contribution in [0.2, 0.25) is 0 Å². The number of nitrogens with zero attached hydrogens (tertiary/aromatic N) is 1. The lowest BCUT2D eigenvalue weighted by Gasteiger charge is -2.43. The first-order valence-electron chi connectivity index (χ1n) is 17.3. The van der Waals surface area contributed by atoms with Crippen LogP contribution in [0.5, 0.6) is 0 Å². The third-order valence-corrected chi connectivity index (χ3v) is 8.98. The fraction of sp³-hybridized carbons (Fsp3) is 0.366. The Kier molecular flexibility index (Phi) is 13.5. The van der Waals surface area contributed by atoms with Crippen LogP contribution < -0.4 is 10.6 Å². The molecule has 0 aliphatic carbocycles. The number of carbonyl (C=O) groups is 2. The van der Waals surface area contributed by atoms with Crippen LogP contribution in [0.25, 0.3) is 0 Å². The third-order valence-electron chi connectivity index (χ3n) is 8.98. The lowest BCUT2D eigenvalue weighted by atomic mass is 9.89. The highest BCUT2D eigenvalue weighted by Gasteiger charge is 2.39. The number of ether oxygens (including phenoxy) is 2. The molecule has 4 atom stereocenters. The van der Waals surface area contributed by atoms with E-state index in [-0.39, 0.29) is 36.5 Å². The van der Waals surface area contributed by atoms with Crippen molar-refractivity contribution in [1.29, 1.82) is 0 Å². The first-order chi connectivity index (χ1) is 23.9. The number of anilines is 1. The summed E-state index contributed by atoms with van der Waals surface area (Å²) in [6.45, 7) is 6.60. The summed E-state index contributed by atoms with van der Waals surface area (Å²) in [7, 11) is 0. The average molecular weight is 664 g/mol. The number of benzene rings is 4. The Balaban J connectivity index is 1.30. The number of hydrogen-bond acceptors (Lipinski definition) is 6. The zero-order chi connectivity index (χ0) is 34.4. The quantitative estimate of drug-likeness (QED) is 0.109. The van der Waals surface area contributed by atoms with Crippen LogP contribution >= 0.6 is 0 Å². The maximum absolute atomic E-state index is 12.6. The zero-order valence-electron chi connectivity index (χ0n) is 28.6. The summed E-state index contributed by atoms with van der Waals surface area (Å²) in [6, 6.07) is 36.7. The Morgan fingerprint density at radius 1 is 0.735 bits per heavy atom. The van der Waals surface area contributed by atoms with E-state index in [2.05, 4.69) is 71.0 Å². The van der Waals surface area contributed by atoms with Gasteiger partial charge in [0.1, 0.15) is 0 Å². The molecule has 4 unspecified atom stereocenters. The van der Waals surface area contributed by atoms with Gasteiger partial charge in [0.05, 0.1) is 18.8 Å². The van der Waals surface area contributed by atoms with E-state index in [9.17, 15) is 14.7 Å². The highest BCUT2D eigenvalue weighted by atomic mass is 16.7. The summed E-state index contributed by atoms with van der Waals surface area (Å²) in [4.78, 5) is 26.0. The Bertz CT molecular complexity index is 1540.